The first kappa shape index (κ1) is 52.0. The van der Waals surface area contributed by atoms with Gasteiger partial charge in [0.1, 0.15) is 12.7 Å². The fraction of sp³-hybridized carbons (Fsp3) is 0.952. The number of hydrogen-bond donors (Lipinski definition) is 4. The van der Waals surface area contributed by atoms with Crippen molar-refractivity contribution in [3.8, 4) is 0 Å². The van der Waals surface area contributed by atoms with Gasteiger partial charge in [-0.25, -0.2) is 0 Å². The second-order valence-electron chi connectivity index (χ2n) is 15.3. The van der Waals surface area contributed by atoms with Crippen LogP contribution in [0.3, 0.4) is 0 Å². The van der Waals surface area contributed by atoms with Crippen molar-refractivity contribution in [2.75, 3.05) is 19.8 Å². The molecule has 3 atom stereocenters. The van der Waals surface area contributed by atoms with E-state index in [-0.39, 0.29) is 19.4 Å². The molecule has 2 unspecified atom stereocenters. The van der Waals surface area contributed by atoms with Crippen molar-refractivity contribution in [1.82, 2.24) is 0 Å². The first-order valence-corrected chi connectivity index (χ1v) is 23.6. The Morgan fingerprint density at radius 1 is 0.509 bits per heavy atom. The first-order valence-electron chi connectivity index (χ1n) is 22.0. The summed E-state index contributed by atoms with van der Waals surface area (Å²) in [6, 6.07) is 0. The highest BCUT2D eigenvalue weighted by atomic mass is 31.2. The van der Waals surface area contributed by atoms with E-state index in [0.717, 1.165) is 38.5 Å². The monoisotopic (exact) mass is 779 g/mol. The van der Waals surface area contributed by atoms with Crippen LogP contribution in [0.25, 0.3) is 0 Å². The van der Waals surface area contributed by atoms with Crippen molar-refractivity contribution < 1.29 is 48.4 Å². The normalized spacial score (nSPS) is 13.5. The molecule has 0 aromatic rings. The molecule has 0 aliphatic rings. The molecule has 0 amide bonds. The molecule has 0 rings (SSSR count). The Morgan fingerprint density at radius 2 is 0.830 bits per heavy atom. The number of esters is 2. The number of carbonyl (C=O) groups is 2. The molecule has 53 heavy (non-hydrogen) atoms. The summed E-state index contributed by atoms with van der Waals surface area (Å²) in [7, 11) is -4.94. The molecule has 4 N–H and O–H groups in total. The van der Waals surface area contributed by atoms with Crippen LogP contribution in [0.15, 0.2) is 0 Å². The number of rotatable bonds is 41. The second-order valence-corrected chi connectivity index (χ2v) is 16.9. The molecule has 0 heterocycles. The summed E-state index contributed by atoms with van der Waals surface area (Å²) >= 11 is 0. The van der Waals surface area contributed by atoms with E-state index in [4.69, 9.17) is 14.2 Å². The highest BCUT2D eigenvalue weighted by Gasteiger charge is 2.37. The Balaban J connectivity index is 4.31. The van der Waals surface area contributed by atoms with Crippen LogP contribution in [0.5, 0.6) is 0 Å². The van der Waals surface area contributed by atoms with Gasteiger partial charge in [0.15, 0.2) is 11.9 Å². The smallest absolute Gasteiger partial charge is 0.356 e. The Labute approximate surface area is 324 Å². The van der Waals surface area contributed by atoms with Gasteiger partial charge in [0, 0.05) is 12.8 Å². The van der Waals surface area contributed by atoms with Crippen molar-refractivity contribution in [2.24, 2.45) is 0 Å². The molecule has 10 nitrogen and oxygen atoms in total. The Kier molecular flexibility index (Phi) is 37.1. The van der Waals surface area contributed by atoms with Gasteiger partial charge in [-0.3, -0.25) is 14.2 Å². The Hall–Kier alpha value is -1.03. The lowest BCUT2D eigenvalue weighted by Crippen LogP contribution is -2.37. The lowest BCUT2D eigenvalue weighted by molar-refractivity contribution is -0.164. The molecule has 0 aliphatic heterocycles. The standard InChI is InChI=1S/C42H83O10P/c1-3-5-7-9-11-13-15-17-19-21-23-25-27-29-31-33-40(45)50-36-38(37-51-42(39(44)35-43)53(47,48)49)52-41(46)34-32-30-28-26-24-22-20-18-16-14-12-10-8-6-4-2/h38-39,42-44H,3-37H2,1-2H3,(H2,47,48,49)/t38-,39?,42?/m1/s1. The Morgan fingerprint density at radius 3 is 1.15 bits per heavy atom. The molecule has 316 valence electrons. The van der Waals surface area contributed by atoms with Crippen LogP contribution < -0.4 is 0 Å². The Bertz CT molecular complexity index is 867. The number of unbranched alkanes of at least 4 members (excludes halogenated alkanes) is 28. The zero-order valence-electron chi connectivity index (χ0n) is 34.2. The third-order valence-electron chi connectivity index (χ3n) is 10.00. The summed E-state index contributed by atoms with van der Waals surface area (Å²) in [6.07, 6.45) is 34.1. The van der Waals surface area contributed by atoms with E-state index in [2.05, 4.69) is 13.8 Å². The fourth-order valence-electron chi connectivity index (χ4n) is 6.63. The minimum atomic E-state index is -4.94. The molecular formula is C42H83O10P. The van der Waals surface area contributed by atoms with E-state index in [1.54, 1.807) is 0 Å². The van der Waals surface area contributed by atoms with Crippen LogP contribution >= 0.6 is 7.60 Å². The van der Waals surface area contributed by atoms with Crippen LogP contribution in [-0.2, 0) is 28.4 Å². The predicted molar refractivity (Wildman–Crippen MR) is 215 cm³/mol. The van der Waals surface area contributed by atoms with Gasteiger partial charge < -0.3 is 34.2 Å². The van der Waals surface area contributed by atoms with Crippen LogP contribution in [0.2, 0.25) is 0 Å². The summed E-state index contributed by atoms with van der Waals surface area (Å²) in [6.45, 7) is 2.74. The molecule has 0 saturated heterocycles. The molecule has 0 aromatic heterocycles. The summed E-state index contributed by atoms with van der Waals surface area (Å²) in [5.74, 6) is -2.95. The zero-order valence-corrected chi connectivity index (χ0v) is 35.1. The van der Waals surface area contributed by atoms with Gasteiger partial charge in [-0.05, 0) is 12.8 Å². The van der Waals surface area contributed by atoms with E-state index >= 15 is 0 Å². The number of aliphatic hydroxyl groups is 2. The van der Waals surface area contributed by atoms with Crippen LogP contribution in [0, 0.1) is 0 Å². The van der Waals surface area contributed by atoms with E-state index in [9.17, 15) is 34.2 Å². The van der Waals surface area contributed by atoms with Gasteiger partial charge in [-0.15, -0.1) is 0 Å². The average molecular weight is 779 g/mol. The third kappa shape index (κ3) is 35.1. The van der Waals surface area contributed by atoms with Gasteiger partial charge in [0.2, 0.25) is 0 Å². The SMILES string of the molecule is CCCCCCCCCCCCCCCCCC(=O)OC[C@H](COC(C(O)CO)P(=O)(O)O)OC(=O)CCCCCCCCCCCCCCCCC. The molecule has 0 spiro atoms. The van der Waals surface area contributed by atoms with Gasteiger partial charge in [0.25, 0.3) is 0 Å². The minimum absolute atomic E-state index is 0.170. The maximum absolute atomic E-state index is 12.6. The van der Waals surface area contributed by atoms with Crippen LogP contribution in [0.4, 0.5) is 0 Å². The molecule has 0 radical (unpaired) electrons. The highest BCUT2D eigenvalue weighted by Crippen LogP contribution is 2.43. The number of ether oxygens (including phenoxy) is 3. The first-order chi connectivity index (χ1) is 25.6. The molecule has 11 heteroatoms. The topological polar surface area (TPSA) is 160 Å². The van der Waals surface area contributed by atoms with Gasteiger partial charge in [-0.2, -0.15) is 0 Å². The summed E-state index contributed by atoms with van der Waals surface area (Å²) < 4.78 is 27.9. The lowest BCUT2D eigenvalue weighted by atomic mass is 10.0. The van der Waals surface area contributed by atoms with Gasteiger partial charge >= 0.3 is 19.5 Å². The number of aliphatic hydroxyl groups excluding tert-OH is 2. The van der Waals surface area contributed by atoms with Crippen molar-refractivity contribution in [2.45, 2.75) is 237 Å². The third-order valence-corrected chi connectivity index (χ3v) is 11.2. The second kappa shape index (κ2) is 37.9. The quantitative estimate of drug-likeness (QED) is 0.0267. The molecule has 0 bridgehead atoms. The summed E-state index contributed by atoms with van der Waals surface area (Å²) in [5, 5.41) is 19.1. The highest BCUT2D eigenvalue weighted by molar-refractivity contribution is 7.52. The number of hydrogen-bond acceptors (Lipinski definition) is 8. The van der Waals surface area contributed by atoms with Crippen molar-refractivity contribution in [3.63, 3.8) is 0 Å². The average Bonchev–Trinajstić information content (AvgIpc) is 3.13. The van der Waals surface area contributed by atoms with Crippen molar-refractivity contribution in [1.29, 1.82) is 0 Å². The summed E-state index contributed by atoms with van der Waals surface area (Å²) in [4.78, 5) is 44.2. The van der Waals surface area contributed by atoms with Gasteiger partial charge in [-0.1, -0.05) is 194 Å². The zero-order chi connectivity index (χ0) is 39.3. The molecule has 0 aliphatic carbocycles. The van der Waals surface area contributed by atoms with E-state index < -0.39 is 50.8 Å². The predicted octanol–water partition coefficient (Wildman–Crippen LogP) is 10.8. The van der Waals surface area contributed by atoms with E-state index in [1.807, 2.05) is 0 Å². The molecule has 0 fully saturated rings. The van der Waals surface area contributed by atoms with Crippen molar-refractivity contribution >= 4 is 19.5 Å². The van der Waals surface area contributed by atoms with Gasteiger partial charge in [0.05, 0.1) is 13.2 Å². The maximum atomic E-state index is 12.6. The van der Waals surface area contributed by atoms with Crippen LogP contribution in [-0.4, -0.2) is 69.8 Å². The lowest BCUT2D eigenvalue weighted by Gasteiger charge is -2.25. The maximum Gasteiger partial charge on any atom is 0.356 e. The fourth-order valence-corrected chi connectivity index (χ4v) is 7.45. The van der Waals surface area contributed by atoms with Crippen LogP contribution in [0.1, 0.15) is 219 Å². The number of carbonyl (C=O) groups excluding carboxylic acids is 2. The molecule has 0 aromatic carbocycles. The summed E-state index contributed by atoms with van der Waals surface area (Å²) in [5.41, 5.74) is 0. The van der Waals surface area contributed by atoms with E-state index in [0.29, 0.717) is 12.8 Å². The largest absolute Gasteiger partial charge is 0.462 e. The van der Waals surface area contributed by atoms with Crippen molar-refractivity contribution in [3.05, 3.63) is 0 Å². The molecular weight excluding hydrogens is 695 g/mol. The molecule has 0 saturated carbocycles. The van der Waals surface area contributed by atoms with E-state index in [1.165, 1.54) is 141 Å². The minimum Gasteiger partial charge on any atom is -0.462 e.